The van der Waals surface area contributed by atoms with Crippen molar-refractivity contribution in [3.05, 3.63) is 35.2 Å². The van der Waals surface area contributed by atoms with Crippen LogP contribution < -0.4 is 5.32 Å². The average Bonchev–Trinajstić information content (AvgIpc) is 3.19. The molecule has 0 unspecified atom stereocenters. The molecule has 0 saturated heterocycles. The van der Waals surface area contributed by atoms with Crippen LogP contribution in [0.5, 0.6) is 0 Å². The van der Waals surface area contributed by atoms with Gasteiger partial charge in [0.1, 0.15) is 0 Å². The number of unbranched alkanes of at least 4 members (excludes halogenated alkanes) is 1. The Hall–Kier alpha value is -2.25. The maximum atomic E-state index is 12.2. The molecule has 138 valence electrons. The van der Waals surface area contributed by atoms with Gasteiger partial charge in [-0.25, -0.2) is 4.52 Å². The van der Waals surface area contributed by atoms with Gasteiger partial charge in [0.15, 0.2) is 0 Å². The Morgan fingerprint density at radius 1 is 1.27 bits per heavy atom. The largest absolute Gasteiger partial charge is 0.306 e. The monoisotopic (exact) mass is 371 g/mol. The first kappa shape index (κ1) is 18.5. The lowest BCUT2D eigenvalue weighted by atomic mass is 10.1. The van der Waals surface area contributed by atoms with Crippen LogP contribution in [0.15, 0.2) is 29.6 Å². The van der Waals surface area contributed by atoms with Crippen molar-refractivity contribution in [2.24, 2.45) is 0 Å². The number of benzene rings is 1. The van der Waals surface area contributed by atoms with Crippen LogP contribution in [0.1, 0.15) is 31.7 Å². The number of aromatic nitrogens is 3. The zero-order valence-electron chi connectivity index (χ0n) is 15.5. The standard InChI is InChI=1S/C19H25N5OS/c1-4-5-11-23(3)12-10-17(25)20-18-21-19-24(22-18)16(13-26-19)15-8-6-14(2)7-9-15/h6-9,13H,4-5,10-12H2,1-3H3,(H,20,22,25). The summed E-state index contributed by atoms with van der Waals surface area (Å²) in [6, 6.07) is 8.30. The molecule has 0 spiro atoms. The van der Waals surface area contributed by atoms with Gasteiger partial charge in [0, 0.05) is 23.9 Å². The van der Waals surface area contributed by atoms with Gasteiger partial charge in [-0.15, -0.1) is 16.4 Å². The number of hydrogen-bond donors (Lipinski definition) is 1. The summed E-state index contributed by atoms with van der Waals surface area (Å²) in [5, 5.41) is 9.31. The predicted octanol–water partition coefficient (Wildman–Crippen LogP) is 3.83. The summed E-state index contributed by atoms with van der Waals surface area (Å²) in [6.07, 6.45) is 2.76. The number of carbonyl (C=O) groups excluding carboxylic acids is 1. The van der Waals surface area contributed by atoms with Crippen molar-refractivity contribution in [2.45, 2.75) is 33.1 Å². The molecule has 0 aliphatic carbocycles. The summed E-state index contributed by atoms with van der Waals surface area (Å²) in [7, 11) is 2.04. The summed E-state index contributed by atoms with van der Waals surface area (Å²) in [6.45, 7) is 5.99. The van der Waals surface area contributed by atoms with Crippen LogP contribution in [-0.2, 0) is 4.79 Å². The lowest BCUT2D eigenvalue weighted by Crippen LogP contribution is -2.25. The maximum absolute atomic E-state index is 12.2. The zero-order chi connectivity index (χ0) is 18.5. The summed E-state index contributed by atoms with van der Waals surface area (Å²) >= 11 is 1.52. The van der Waals surface area contributed by atoms with Gasteiger partial charge >= 0.3 is 0 Å². The van der Waals surface area contributed by atoms with E-state index >= 15 is 0 Å². The van der Waals surface area contributed by atoms with Crippen molar-refractivity contribution in [1.29, 1.82) is 0 Å². The van der Waals surface area contributed by atoms with E-state index in [1.54, 1.807) is 4.52 Å². The summed E-state index contributed by atoms with van der Waals surface area (Å²) in [4.78, 5) is 19.5. The third-order valence-electron chi connectivity index (χ3n) is 4.29. The zero-order valence-corrected chi connectivity index (χ0v) is 16.3. The molecule has 3 aromatic rings. The lowest BCUT2D eigenvalue weighted by molar-refractivity contribution is -0.116. The van der Waals surface area contributed by atoms with Crippen molar-refractivity contribution in [2.75, 3.05) is 25.5 Å². The number of carbonyl (C=O) groups is 1. The fraction of sp³-hybridized carbons (Fsp3) is 0.421. The molecule has 0 radical (unpaired) electrons. The summed E-state index contributed by atoms with van der Waals surface area (Å²) in [5.74, 6) is 0.315. The van der Waals surface area contributed by atoms with Gasteiger partial charge in [0.2, 0.25) is 16.8 Å². The van der Waals surface area contributed by atoms with E-state index in [0.29, 0.717) is 12.4 Å². The minimum atomic E-state index is -0.0523. The first-order valence-corrected chi connectivity index (χ1v) is 9.84. The highest BCUT2D eigenvalue weighted by Crippen LogP contribution is 2.26. The Morgan fingerprint density at radius 3 is 2.77 bits per heavy atom. The number of hydrogen-bond acceptors (Lipinski definition) is 5. The smallest absolute Gasteiger partial charge is 0.250 e. The highest BCUT2D eigenvalue weighted by Gasteiger charge is 2.13. The molecule has 26 heavy (non-hydrogen) atoms. The van der Waals surface area contributed by atoms with Crippen molar-refractivity contribution in [3.8, 4) is 11.3 Å². The molecule has 0 saturated carbocycles. The number of fused-ring (bicyclic) bond motifs is 1. The number of nitrogens with zero attached hydrogens (tertiary/aromatic N) is 4. The van der Waals surface area contributed by atoms with Crippen LogP contribution in [0.4, 0.5) is 5.95 Å². The first-order chi connectivity index (χ1) is 12.6. The van der Waals surface area contributed by atoms with Gasteiger partial charge in [-0.1, -0.05) is 43.2 Å². The normalized spacial score (nSPS) is 11.4. The Labute approximate surface area is 157 Å². The molecule has 1 amide bonds. The third kappa shape index (κ3) is 4.47. The highest BCUT2D eigenvalue weighted by atomic mass is 32.1. The van der Waals surface area contributed by atoms with Crippen molar-refractivity contribution < 1.29 is 4.79 Å². The molecule has 1 N–H and O–H groups in total. The lowest BCUT2D eigenvalue weighted by Gasteiger charge is -2.15. The Balaban J connectivity index is 1.64. The number of aryl methyl sites for hydroxylation is 1. The second-order valence-electron chi connectivity index (χ2n) is 6.57. The molecule has 1 aromatic carbocycles. The molecule has 0 atom stereocenters. The average molecular weight is 372 g/mol. The molecule has 2 aromatic heterocycles. The molecule has 0 fully saturated rings. The minimum Gasteiger partial charge on any atom is -0.306 e. The van der Waals surface area contributed by atoms with E-state index in [1.807, 2.05) is 12.4 Å². The molecule has 0 aliphatic heterocycles. The second kappa shape index (κ2) is 8.42. The van der Waals surface area contributed by atoms with E-state index in [-0.39, 0.29) is 5.91 Å². The van der Waals surface area contributed by atoms with Crippen LogP contribution in [-0.4, -0.2) is 45.5 Å². The van der Waals surface area contributed by atoms with Gasteiger partial charge in [-0.3, -0.25) is 10.1 Å². The summed E-state index contributed by atoms with van der Waals surface area (Å²) in [5.41, 5.74) is 3.29. The van der Waals surface area contributed by atoms with E-state index in [9.17, 15) is 4.79 Å². The fourth-order valence-corrected chi connectivity index (χ4v) is 3.51. The van der Waals surface area contributed by atoms with Crippen LogP contribution in [0.25, 0.3) is 16.2 Å². The van der Waals surface area contributed by atoms with Gasteiger partial charge < -0.3 is 4.90 Å². The molecule has 3 rings (SSSR count). The topological polar surface area (TPSA) is 62.5 Å². The van der Waals surface area contributed by atoms with Gasteiger partial charge in [0.05, 0.1) is 5.69 Å². The van der Waals surface area contributed by atoms with Crippen molar-refractivity contribution in [3.63, 3.8) is 0 Å². The predicted molar refractivity (Wildman–Crippen MR) is 107 cm³/mol. The molecular weight excluding hydrogens is 346 g/mol. The minimum absolute atomic E-state index is 0.0523. The number of anilines is 1. The molecular formula is C19H25N5OS. The van der Waals surface area contributed by atoms with Crippen molar-refractivity contribution in [1.82, 2.24) is 19.5 Å². The highest BCUT2D eigenvalue weighted by molar-refractivity contribution is 7.15. The fourth-order valence-electron chi connectivity index (χ4n) is 2.68. The molecule has 0 aliphatic rings. The van der Waals surface area contributed by atoms with E-state index in [2.05, 4.69) is 58.4 Å². The third-order valence-corrected chi connectivity index (χ3v) is 5.11. The molecule has 2 heterocycles. The van der Waals surface area contributed by atoms with Crippen LogP contribution in [0.2, 0.25) is 0 Å². The Bertz CT molecular complexity index is 868. The number of thiazole rings is 1. The first-order valence-electron chi connectivity index (χ1n) is 8.96. The van der Waals surface area contributed by atoms with Crippen molar-refractivity contribution >= 4 is 28.2 Å². The molecule has 6 nitrogen and oxygen atoms in total. The maximum Gasteiger partial charge on any atom is 0.250 e. The van der Waals surface area contributed by atoms with Crippen LogP contribution in [0.3, 0.4) is 0 Å². The Kier molecular flexibility index (Phi) is 6.00. The van der Waals surface area contributed by atoms with E-state index in [0.717, 1.165) is 42.1 Å². The Morgan fingerprint density at radius 2 is 2.04 bits per heavy atom. The molecule has 0 bridgehead atoms. The number of nitrogens with one attached hydrogen (secondary N) is 1. The van der Waals surface area contributed by atoms with E-state index < -0.39 is 0 Å². The summed E-state index contributed by atoms with van der Waals surface area (Å²) < 4.78 is 1.79. The quantitative estimate of drug-likeness (QED) is 0.654. The van der Waals surface area contributed by atoms with Gasteiger partial charge in [-0.05, 0) is 26.9 Å². The SMILES string of the molecule is CCCCN(C)CCC(=O)Nc1nc2scc(-c3ccc(C)cc3)n2n1. The van der Waals surface area contributed by atoms with Gasteiger partial charge in [0.25, 0.3) is 0 Å². The molecule has 7 heteroatoms. The number of rotatable bonds is 8. The second-order valence-corrected chi connectivity index (χ2v) is 7.41. The van der Waals surface area contributed by atoms with E-state index in [4.69, 9.17) is 0 Å². The van der Waals surface area contributed by atoms with Gasteiger partial charge in [-0.2, -0.15) is 4.98 Å². The van der Waals surface area contributed by atoms with Crippen LogP contribution in [0, 0.1) is 6.92 Å². The van der Waals surface area contributed by atoms with Crippen LogP contribution >= 0.6 is 11.3 Å². The number of amides is 1. The van der Waals surface area contributed by atoms with E-state index in [1.165, 1.54) is 16.9 Å².